The Labute approximate surface area is 122 Å². The van der Waals surface area contributed by atoms with Gasteiger partial charge in [0.2, 0.25) is 0 Å². The average Bonchev–Trinajstić information content (AvgIpc) is 2.48. The lowest BCUT2D eigenvalue weighted by atomic mass is 9.62. The van der Waals surface area contributed by atoms with Crippen molar-refractivity contribution in [3.8, 4) is 0 Å². The van der Waals surface area contributed by atoms with Crippen LogP contribution in [0.5, 0.6) is 0 Å². The van der Waals surface area contributed by atoms with E-state index < -0.39 is 0 Å². The number of nitrogens with one attached hydrogen (secondary N) is 1. The number of hydrogen-bond acceptors (Lipinski definition) is 2. The van der Waals surface area contributed by atoms with Gasteiger partial charge in [0.05, 0.1) is 6.10 Å². The molecular formula is C18H27NO. The van der Waals surface area contributed by atoms with Crippen LogP contribution >= 0.6 is 0 Å². The highest BCUT2D eigenvalue weighted by Crippen LogP contribution is 2.49. The van der Waals surface area contributed by atoms with Crippen LogP contribution in [0, 0.1) is 12.3 Å². The van der Waals surface area contributed by atoms with Crippen molar-refractivity contribution in [3.63, 3.8) is 0 Å². The van der Waals surface area contributed by atoms with Crippen molar-refractivity contribution in [1.82, 2.24) is 5.32 Å². The molecule has 2 heteroatoms. The van der Waals surface area contributed by atoms with Crippen molar-refractivity contribution < 1.29 is 4.74 Å². The van der Waals surface area contributed by atoms with E-state index >= 15 is 0 Å². The standard InChI is InChI=1S/C18H27NO/c1-3-16-12-18(8-10-20-16)7-9-19-13-17(18)15-6-4-5-14(2)11-15/h4-6,11,16-17,19H,3,7-10,12-13H2,1-2H3. The van der Waals surface area contributed by atoms with Crippen molar-refractivity contribution in [3.05, 3.63) is 35.4 Å². The Balaban J connectivity index is 1.90. The fourth-order valence-electron chi connectivity index (χ4n) is 4.18. The van der Waals surface area contributed by atoms with Crippen molar-refractivity contribution in [2.45, 2.75) is 51.6 Å². The molecule has 20 heavy (non-hydrogen) atoms. The maximum atomic E-state index is 5.94. The van der Waals surface area contributed by atoms with Gasteiger partial charge in [-0.05, 0) is 50.1 Å². The molecule has 1 aromatic rings. The third kappa shape index (κ3) is 2.64. The van der Waals surface area contributed by atoms with E-state index in [0.717, 1.165) is 19.6 Å². The second-order valence-corrected chi connectivity index (χ2v) is 6.64. The molecule has 0 aromatic heterocycles. The largest absolute Gasteiger partial charge is 0.378 e. The van der Waals surface area contributed by atoms with E-state index in [-0.39, 0.29) is 0 Å². The van der Waals surface area contributed by atoms with Gasteiger partial charge in [0, 0.05) is 19.1 Å². The fourth-order valence-corrected chi connectivity index (χ4v) is 4.18. The minimum absolute atomic E-state index is 0.456. The summed E-state index contributed by atoms with van der Waals surface area (Å²) < 4.78 is 5.94. The minimum atomic E-state index is 0.456. The molecule has 110 valence electrons. The number of hydrogen-bond donors (Lipinski definition) is 1. The van der Waals surface area contributed by atoms with E-state index in [0.29, 0.717) is 17.4 Å². The van der Waals surface area contributed by atoms with E-state index in [9.17, 15) is 0 Å². The molecule has 3 rings (SSSR count). The maximum absolute atomic E-state index is 5.94. The predicted molar refractivity (Wildman–Crippen MR) is 83.1 cm³/mol. The zero-order valence-corrected chi connectivity index (χ0v) is 12.8. The van der Waals surface area contributed by atoms with Crippen molar-refractivity contribution in [2.75, 3.05) is 19.7 Å². The second-order valence-electron chi connectivity index (χ2n) is 6.64. The first-order valence-corrected chi connectivity index (χ1v) is 8.12. The van der Waals surface area contributed by atoms with E-state index in [4.69, 9.17) is 4.74 Å². The number of benzene rings is 1. The molecule has 3 unspecified atom stereocenters. The molecule has 2 aliphatic rings. The Morgan fingerprint density at radius 1 is 1.35 bits per heavy atom. The Kier molecular flexibility index (Phi) is 4.13. The van der Waals surface area contributed by atoms with Gasteiger partial charge in [-0.3, -0.25) is 0 Å². The van der Waals surface area contributed by atoms with Crippen molar-refractivity contribution >= 4 is 0 Å². The van der Waals surface area contributed by atoms with Crippen LogP contribution in [0.2, 0.25) is 0 Å². The summed E-state index contributed by atoms with van der Waals surface area (Å²) in [5, 5.41) is 3.62. The molecule has 1 spiro atoms. The van der Waals surface area contributed by atoms with Gasteiger partial charge >= 0.3 is 0 Å². The number of aryl methyl sites for hydroxylation is 1. The van der Waals surface area contributed by atoms with Gasteiger partial charge < -0.3 is 10.1 Å². The molecule has 0 aliphatic carbocycles. The van der Waals surface area contributed by atoms with Crippen LogP contribution in [0.15, 0.2) is 24.3 Å². The highest BCUT2D eigenvalue weighted by molar-refractivity contribution is 5.28. The molecule has 1 aromatic carbocycles. The lowest BCUT2D eigenvalue weighted by Crippen LogP contribution is -2.48. The molecule has 2 aliphatic heterocycles. The second kappa shape index (κ2) is 5.87. The first kappa shape index (κ1) is 14.1. The molecule has 0 saturated carbocycles. The van der Waals surface area contributed by atoms with Gasteiger partial charge in [-0.25, -0.2) is 0 Å². The summed E-state index contributed by atoms with van der Waals surface area (Å²) in [6.45, 7) is 7.69. The third-order valence-corrected chi connectivity index (χ3v) is 5.37. The van der Waals surface area contributed by atoms with Gasteiger partial charge in [0.25, 0.3) is 0 Å². The van der Waals surface area contributed by atoms with E-state index in [1.807, 2.05) is 0 Å². The van der Waals surface area contributed by atoms with Gasteiger partial charge in [-0.2, -0.15) is 0 Å². The zero-order valence-electron chi connectivity index (χ0n) is 12.8. The van der Waals surface area contributed by atoms with Gasteiger partial charge in [0.1, 0.15) is 0 Å². The first-order chi connectivity index (χ1) is 9.73. The maximum Gasteiger partial charge on any atom is 0.0578 e. The van der Waals surface area contributed by atoms with Gasteiger partial charge in [-0.1, -0.05) is 36.8 Å². The average molecular weight is 273 g/mol. The summed E-state index contributed by atoms with van der Waals surface area (Å²) in [6, 6.07) is 9.12. The summed E-state index contributed by atoms with van der Waals surface area (Å²) >= 11 is 0. The van der Waals surface area contributed by atoms with Crippen molar-refractivity contribution in [1.29, 1.82) is 0 Å². The molecule has 3 atom stereocenters. The molecule has 0 radical (unpaired) electrons. The summed E-state index contributed by atoms with van der Waals surface area (Å²) in [7, 11) is 0. The molecular weight excluding hydrogens is 246 g/mol. The lowest BCUT2D eigenvalue weighted by Gasteiger charge is -2.49. The van der Waals surface area contributed by atoms with Crippen LogP contribution in [0.1, 0.15) is 49.7 Å². The lowest BCUT2D eigenvalue weighted by molar-refractivity contribution is -0.0690. The SMILES string of the molecule is CCC1CC2(CCNCC2c2cccc(C)c2)CCO1. The quantitative estimate of drug-likeness (QED) is 0.888. The first-order valence-electron chi connectivity index (χ1n) is 8.12. The summed E-state index contributed by atoms with van der Waals surface area (Å²) in [5.41, 5.74) is 3.36. The smallest absolute Gasteiger partial charge is 0.0578 e. The van der Waals surface area contributed by atoms with Crippen molar-refractivity contribution in [2.24, 2.45) is 5.41 Å². The Hall–Kier alpha value is -0.860. The van der Waals surface area contributed by atoms with Gasteiger partial charge in [-0.15, -0.1) is 0 Å². The summed E-state index contributed by atoms with van der Waals surface area (Å²) in [4.78, 5) is 0. The zero-order chi connectivity index (χ0) is 14.0. The molecule has 0 bridgehead atoms. The normalized spacial score (nSPS) is 34.3. The minimum Gasteiger partial charge on any atom is -0.378 e. The van der Waals surface area contributed by atoms with Crippen LogP contribution < -0.4 is 5.32 Å². The predicted octanol–water partition coefficient (Wildman–Crippen LogP) is 3.65. The Morgan fingerprint density at radius 2 is 2.25 bits per heavy atom. The molecule has 2 heterocycles. The molecule has 1 N–H and O–H groups in total. The highest BCUT2D eigenvalue weighted by atomic mass is 16.5. The number of piperidine rings is 1. The number of rotatable bonds is 2. The van der Waals surface area contributed by atoms with Crippen LogP contribution in [0.3, 0.4) is 0 Å². The fraction of sp³-hybridized carbons (Fsp3) is 0.667. The van der Waals surface area contributed by atoms with Crippen LogP contribution in [0.25, 0.3) is 0 Å². The van der Waals surface area contributed by atoms with Gasteiger partial charge in [0.15, 0.2) is 0 Å². The molecule has 2 nitrogen and oxygen atoms in total. The monoisotopic (exact) mass is 273 g/mol. The Morgan fingerprint density at radius 3 is 3.05 bits per heavy atom. The van der Waals surface area contributed by atoms with E-state index in [2.05, 4.69) is 43.4 Å². The third-order valence-electron chi connectivity index (χ3n) is 5.37. The summed E-state index contributed by atoms with van der Waals surface area (Å²) in [6.07, 6.45) is 5.38. The number of ether oxygens (including phenoxy) is 1. The topological polar surface area (TPSA) is 21.3 Å². The molecule has 0 amide bonds. The van der Waals surface area contributed by atoms with Crippen LogP contribution in [-0.2, 0) is 4.74 Å². The Bertz CT molecular complexity index is 454. The van der Waals surface area contributed by atoms with Crippen LogP contribution in [0.4, 0.5) is 0 Å². The van der Waals surface area contributed by atoms with E-state index in [1.165, 1.54) is 36.9 Å². The molecule has 2 saturated heterocycles. The highest BCUT2D eigenvalue weighted by Gasteiger charge is 2.44. The van der Waals surface area contributed by atoms with E-state index in [1.54, 1.807) is 0 Å². The summed E-state index contributed by atoms with van der Waals surface area (Å²) in [5.74, 6) is 0.647. The van der Waals surface area contributed by atoms with Crippen LogP contribution in [-0.4, -0.2) is 25.8 Å². The molecule has 2 fully saturated rings.